The Hall–Kier alpha value is -2.21. The SMILES string of the molecule is CC(NC(=O)CC1=NN(C)C(=O)C1)c1csc2ccccc12. The summed E-state index contributed by atoms with van der Waals surface area (Å²) in [5.74, 6) is -0.177. The molecule has 3 rings (SSSR count). The van der Waals surface area contributed by atoms with Gasteiger partial charge in [-0.15, -0.1) is 11.3 Å². The molecule has 1 atom stereocenters. The van der Waals surface area contributed by atoms with E-state index in [0.717, 1.165) is 5.56 Å². The third-order valence-electron chi connectivity index (χ3n) is 3.73. The number of fused-ring (bicyclic) bond motifs is 1. The Kier molecular flexibility index (Phi) is 3.94. The monoisotopic (exact) mass is 315 g/mol. The second-order valence-corrected chi connectivity index (χ2v) is 6.32. The molecule has 1 aliphatic rings. The van der Waals surface area contributed by atoms with Crippen LogP contribution >= 0.6 is 11.3 Å². The van der Waals surface area contributed by atoms with Crippen LogP contribution in [-0.2, 0) is 9.59 Å². The number of rotatable bonds is 4. The summed E-state index contributed by atoms with van der Waals surface area (Å²) in [5.41, 5.74) is 1.74. The largest absolute Gasteiger partial charge is 0.349 e. The Morgan fingerprint density at radius 2 is 2.23 bits per heavy atom. The number of nitrogens with one attached hydrogen (secondary N) is 1. The van der Waals surface area contributed by atoms with Crippen LogP contribution in [0.25, 0.3) is 10.1 Å². The molecule has 0 saturated carbocycles. The Morgan fingerprint density at radius 3 is 2.95 bits per heavy atom. The maximum Gasteiger partial charge on any atom is 0.248 e. The highest BCUT2D eigenvalue weighted by Gasteiger charge is 2.23. The van der Waals surface area contributed by atoms with Gasteiger partial charge in [0.2, 0.25) is 11.8 Å². The first-order chi connectivity index (χ1) is 10.5. The second kappa shape index (κ2) is 5.88. The molecule has 1 aromatic heterocycles. The summed E-state index contributed by atoms with van der Waals surface area (Å²) in [4.78, 5) is 23.5. The van der Waals surface area contributed by atoms with E-state index < -0.39 is 0 Å². The Bertz CT molecular complexity index is 766. The molecule has 0 saturated heterocycles. The fraction of sp³-hybridized carbons (Fsp3) is 0.312. The van der Waals surface area contributed by atoms with Crippen LogP contribution in [0, 0.1) is 0 Å². The Morgan fingerprint density at radius 1 is 1.45 bits per heavy atom. The molecule has 114 valence electrons. The number of hydrogen-bond donors (Lipinski definition) is 1. The second-order valence-electron chi connectivity index (χ2n) is 5.41. The highest BCUT2D eigenvalue weighted by molar-refractivity contribution is 7.17. The van der Waals surface area contributed by atoms with E-state index in [1.54, 1.807) is 18.4 Å². The van der Waals surface area contributed by atoms with Gasteiger partial charge in [0.25, 0.3) is 0 Å². The average molecular weight is 315 g/mol. The van der Waals surface area contributed by atoms with Crippen molar-refractivity contribution >= 4 is 38.9 Å². The van der Waals surface area contributed by atoms with Gasteiger partial charge < -0.3 is 5.32 Å². The predicted molar refractivity (Wildman–Crippen MR) is 87.8 cm³/mol. The lowest BCUT2D eigenvalue weighted by Crippen LogP contribution is -2.28. The minimum absolute atomic E-state index is 0.0697. The van der Waals surface area contributed by atoms with Crippen LogP contribution in [0.4, 0.5) is 0 Å². The third-order valence-corrected chi connectivity index (χ3v) is 4.71. The van der Waals surface area contributed by atoms with Crippen molar-refractivity contribution in [3.8, 4) is 0 Å². The molecule has 1 N–H and O–H groups in total. The van der Waals surface area contributed by atoms with Crippen LogP contribution in [0.5, 0.6) is 0 Å². The Labute approximate surface area is 132 Å². The van der Waals surface area contributed by atoms with Crippen molar-refractivity contribution in [2.24, 2.45) is 5.10 Å². The van der Waals surface area contributed by atoms with Gasteiger partial charge in [-0.25, -0.2) is 5.01 Å². The molecule has 0 bridgehead atoms. The lowest BCUT2D eigenvalue weighted by molar-refractivity contribution is -0.127. The molecule has 0 fully saturated rings. The summed E-state index contributed by atoms with van der Waals surface area (Å²) in [5, 5.41) is 11.6. The van der Waals surface area contributed by atoms with Crippen molar-refractivity contribution in [2.75, 3.05) is 7.05 Å². The van der Waals surface area contributed by atoms with E-state index in [1.807, 2.05) is 19.1 Å². The molecular weight excluding hydrogens is 298 g/mol. The van der Waals surface area contributed by atoms with E-state index >= 15 is 0 Å². The molecule has 1 aliphatic heterocycles. The first-order valence-corrected chi connectivity index (χ1v) is 8.01. The molecule has 0 spiro atoms. The molecule has 5 nitrogen and oxygen atoms in total. The van der Waals surface area contributed by atoms with Crippen LogP contribution in [0.3, 0.4) is 0 Å². The number of amides is 2. The van der Waals surface area contributed by atoms with Crippen molar-refractivity contribution in [1.29, 1.82) is 0 Å². The number of thiophene rings is 1. The zero-order chi connectivity index (χ0) is 15.7. The van der Waals surface area contributed by atoms with Crippen molar-refractivity contribution in [1.82, 2.24) is 10.3 Å². The zero-order valence-electron chi connectivity index (χ0n) is 12.5. The number of carbonyl (C=O) groups is 2. The lowest BCUT2D eigenvalue weighted by Gasteiger charge is -2.13. The number of benzene rings is 1. The molecule has 2 heterocycles. The van der Waals surface area contributed by atoms with Crippen molar-refractivity contribution in [3.63, 3.8) is 0 Å². The summed E-state index contributed by atoms with van der Waals surface area (Å²) < 4.78 is 1.21. The first kappa shape index (κ1) is 14.7. The van der Waals surface area contributed by atoms with Gasteiger partial charge in [0.05, 0.1) is 24.6 Å². The molecular formula is C16H17N3O2S. The maximum atomic E-state index is 12.1. The molecule has 0 radical (unpaired) electrons. The molecule has 0 aliphatic carbocycles. The van der Waals surface area contributed by atoms with Crippen LogP contribution in [-0.4, -0.2) is 29.6 Å². The predicted octanol–water partition coefficient (Wildman–Crippen LogP) is 2.69. The van der Waals surface area contributed by atoms with E-state index in [9.17, 15) is 9.59 Å². The topological polar surface area (TPSA) is 61.8 Å². The number of nitrogens with zero attached hydrogens (tertiary/aromatic N) is 2. The van der Waals surface area contributed by atoms with E-state index in [1.165, 1.54) is 15.1 Å². The fourth-order valence-corrected chi connectivity index (χ4v) is 3.63. The Balaban J connectivity index is 1.67. The number of hydrogen-bond acceptors (Lipinski definition) is 4. The van der Waals surface area contributed by atoms with Crippen molar-refractivity contribution in [2.45, 2.75) is 25.8 Å². The van der Waals surface area contributed by atoms with Gasteiger partial charge in [-0.3, -0.25) is 9.59 Å². The number of hydrazone groups is 1. The average Bonchev–Trinajstić information content (AvgIpc) is 3.02. The van der Waals surface area contributed by atoms with E-state index in [2.05, 4.69) is 27.9 Å². The van der Waals surface area contributed by atoms with Gasteiger partial charge in [0.1, 0.15) is 0 Å². The quantitative estimate of drug-likeness (QED) is 0.943. The molecule has 2 aromatic rings. The van der Waals surface area contributed by atoms with Crippen LogP contribution in [0.1, 0.15) is 31.4 Å². The maximum absolute atomic E-state index is 12.1. The van der Waals surface area contributed by atoms with Gasteiger partial charge in [0, 0.05) is 11.7 Å². The molecule has 1 unspecified atom stereocenters. The molecule has 1 aromatic carbocycles. The summed E-state index contributed by atoms with van der Waals surface area (Å²) in [6.07, 6.45) is 0.405. The minimum atomic E-state index is -0.107. The summed E-state index contributed by atoms with van der Waals surface area (Å²) >= 11 is 1.68. The van der Waals surface area contributed by atoms with Gasteiger partial charge in [-0.05, 0) is 29.3 Å². The van der Waals surface area contributed by atoms with Crippen LogP contribution in [0.15, 0.2) is 34.7 Å². The zero-order valence-corrected chi connectivity index (χ0v) is 13.3. The summed E-state index contributed by atoms with van der Waals surface area (Å²) in [6, 6.07) is 8.09. The molecule has 22 heavy (non-hydrogen) atoms. The van der Waals surface area contributed by atoms with Gasteiger partial charge in [-0.2, -0.15) is 5.10 Å². The van der Waals surface area contributed by atoms with Crippen LogP contribution in [0.2, 0.25) is 0 Å². The molecule has 2 amide bonds. The van der Waals surface area contributed by atoms with Crippen molar-refractivity contribution in [3.05, 3.63) is 35.2 Å². The highest BCUT2D eigenvalue weighted by atomic mass is 32.1. The normalized spacial score (nSPS) is 16.0. The van der Waals surface area contributed by atoms with Gasteiger partial charge >= 0.3 is 0 Å². The summed E-state index contributed by atoms with van der Waals surface area (Å²) in [7, 11) is 1.60. The van der Waals surface area contributed by atoms with Crippen LogP contribution < -0.4 is 5.32 Å². The third kappa shape index (κ3) is 2.87. The van der Waals surface area contributed by atoms with E-state index in [4.69, 9.17) is 0 Å². The smallest absolute Gasteiger partial charge is 0.248 e. The van der Waals surface area contributed by atoms with Gasteiger partial charge in [0.15, 0.2) is 0 Å². The lowest BCUT2D eigenvalue weighted by atomic mass is 10.1. The van der Waals surface area contributed by atoms with Crippen molar-refractivity contribution < 1.29 is 9.59 Å². The van der Waals surface area contributed by atoms with E-state index in [0.29, 0.717) is 5.71 Å². The number of carbonyl (C=O) groups excluding carboxylic acids is 2. The standard InChI is InChI=1S/C16H17N3O2S/c1-10(13-9-22-14-6-4-3-5-12(13)14)17-15(20)7-11-8-16(21)19(2)18-11/h3-6,9-10H,7-8H2,1-2H3,(H,17,20). The highest BCUT2D eigenvalue weighted by Crippen LogP contribution is 2.30. The first-order valence-electron chi connectivity index (χ1n) is 7.13. The summed E-state index contributed by atoms with van der Waals surface area (Å²) in [6.45, 7) is 1.97. The van der Waals surface area contributed by atoms with E-state index in [-0.39, 0.29) is 30.7 Å². The van der Waals surface area contributed by atoms with Gasteiger partial charge in [-0.1, -0.05) is 18.2 Å². The minimum Gasteiger partial charge on any atom is -0.349 e. The molecule has 6 heteroatoms. The fourth-order valence-electron chi connectivity index (χ4n) is 2.58.